The molecule has 1 unspecified atom stereocenters. The Bertz CT molecular complexity index is 776. The van der Waals surface area contributed by atoms with Gasteiger partial charge in [-0.25, -0.2) is 0 Å². The predicted molar refractivity (Wildman–Crippen MR) is 134 cm³/mol. The van der Waals surface area contributed by atoms with Crippen LogP contribution in [0.4, 0.5) is 0 Å². The number of aldehydes is 1. The van der Waals surface area contributed by atoms with Crippen molar-refractivity contribution < 1.29 is 4.79 Å². The zero-order valence-electron chi connectivity index (χ0n) is 19.5. The van der Waals surface area contributed by atoms with Gasteiger partial charge in [-0.2, -0.15) is 0 Å². The number of carbonyl (C=O) groups is 1. The SMILES string of the molecule is CCCCCN(C)C(CNC)C(=N)c1ccc(C)cc1.O=CCCc1cccc(Cl)c1. The number of nitrogens with zero attached hydrogens (tertiary/aromatic N) is 1. The van der Waals surface area contributed by atoms with Crippen molar-refractivity contribution in [3.8, 4) is 0 Å². The van der Waals surface area contributed by atoms with Gasteiger partial charge < -0.3 is 15.5 Å². The molecule has 4 nitrogen and oxygen atoms in total. The number of aryl methyl sites for hydroxylation is 2. The molecule has 0 aromatic heterocycles. The van der Waals surface area contributed by atoms with Crippen LogP contribution in [0.3, 0.4) is 0 Å². The second-order valence-electron chi connectivity index (χ2n) is 7.88. The van der Waals surface area contributed by atoms with Crippen molar-refractivity contribution in [1.29, 1.82) is 5.41 Å². The average molecular weight is 444 g/mol. The van der Waals surface area contributed by atoms with E-state index in [4.69, 9.17) is 17.0 Å². The van der Waals surface area contributed by atoms with Crippen LogP contribution in [0.1, 0.15) is 49.3 Å². The van der Waals surface area contributed by atoms with Crippen molar-refractivity contribution in [1.82, 2.24) is 10.2 Å². The van der Waals surface area contributed by atoms with Gasteiger partial charge in [0.15, 0.2) is 0 Å². The van der Waals surface area contributed by atoms with Crippen LogP contribution in [-0.4, -0.2) is 50.1 Å². The lowest BCUT2D eigenvalue weighted by Crippen LogP contribution is -2.45. The van der Waals surface area contributed by atoms with Gasteiger partial charge in [0.2, 0.25) is 0 Å². The van der Waals surface area contributed by atoms with Crippen molar-refractivity contribution >= 4 is 23.6 Å². The number of likely N-dealkylation sites (N-methyl/N-ethyl adjacent to an activating group) is 2. The third-order valence-electron chi connectivity index (χ3n) is 5.18. The van der Waals surface area contributed by atoms with Crippen molar-refractivity contribution in [2.45, 2.75) is 52.0 Å². The number of hydrogen-bond acceptors (Lipinski definition) is 4. The Morgan fingerprint density at radius 2 is 1.90 bits per heavy atom. The average Bonchev–Trinajstić information content (AvgIpc) is 2.76. The molecular weight excluding hydrogens is 406 g/mol. The molecule has 170 valence electrons. The first-order valence-electron chi connectivity index (χ1n) is 11.1. The number of benzene rings is 2. The van der Waals surface area contributed by atoms with Gasteiger partial charge in [0.1, 0.15) is 6.29 Å². The van der Waals surface area contributed by atoms with E-state index in [0.717, 1.165) is 41.9 Å². The van der Waals surface area contributed by atoms with Gasteiger partial charge in [0.25, 0.3) is 0 Å². The summed E-state index contributed by atoms with van der Waals surface area (Å²) in [5.41, 5.74) is 4.09. The molecule has 0 bridgehead atoms. The van der Waals surface area contributed by atoms with Crippen LogP contribution in [0.25, 0.3) is 0 Å². The van der Waals surface area contributed by atoms with Gasteiger partial charge >= 0.3 is 0 Å². The molecular formula is C26H38ClN3O. The molecule has 5 heteroatoms. The van der Waals surface area contributed by atoms with Crippen molar-refractivity contribution in [3.63, 3.8) is 0 Å². The maximum absolute atomic E-state index is 10.0. The first-order chi connectivity index (χ1) is 14.9. The maximum Gasteiger partial charge on any atom is 0.120 e. The number of nitrogens with one attached hydrogen (secondary N) is 2. The molecule has 2 N–H and O–H groups in total. The summed E-state index contributed by atoms with van der Waals surface area (Å²) in [6.45, 7) is 6.17. The Labute approximate surface area is 193 Å². The first-order valence-corrected chi connectivity index (χ1v) is 11.5. The normalized spacial score (nSPS) is 11.5. The highest BCUT2D eigenvalue weighted by atomic mass is 35.5. The van der Waals surface area contributed by atoms with Crippen molar-refractivity contribution in [2.24, 2.45) is 0 Å². The molecule has 2 aromatic carbocycles. The molecule has 0 aliphatic rings. The van der Waals surface area contributed by atoms with Gasteiger partial charge in [-0.05, 0) is 63.7 Å². The molecule has 0 aliphatic carbocycles. The lowest BCUT2D eigenvalue weighted by molar-refractivity contribution is -0.107. The van der Waals surface area contributed by atoms with Gasteiger partial charge in [0, 0.05) is 18.0 Å². The van der Waals surface area contributed by atoms with Gasteiger partial charge in [-0.3, -0.25) is 4.90 Å². The van der Waals surface area contributed by atoms with Crippen LogP contribution in [-0.2, 0) is 11.2 Å². The Balaban J connectivity index is 0.000000367. The fourth-order valence-electron chi connectivity index (χ4n) is 3.28. The highest BCUT2D eigenvalue weighted by Gasteiger charge is 2.20. The molecule has 0 saturated heterocycles. The minimum absolute atomic E-state index is 0.138. The Morgan fingerprint density at radius 3 is 2.48 bits per heavy atom. The molecule has 2 rings (SSSR count). The molecule has 0 saturated carbocycles. The van der Waals surface area contributed by atoms with Crippen LogP contribution >= 0.6 is 11.6 Å². The quantitative estimate of drug-likeness (QED) is 0.257. The highest BCUT2D eigenvalue weighted by Crippen LogP contribution is 2.12. The van der Waals surface area contributed by atoms with E-state index in [1.54, 1.807) is 0 Å². The fourth-order valence-corrected chi connectivity index (χ4v) is 3.50. The largest absolute Gasteiger partial charge is 0.318 e. The van der Waals surface area contributed by atoms with E-state index in [2.05, 4.69) is 55.4 Å². The Morgan fingerprint density at radius 1 is 1.19 bits per heavy atom. The smallest absolute Gasteiger partial charge is 0.120 e. The topological polar surface area (TPSA) is 56.2 Å². The summed E-state index contributed by atoms with van der Waals surface area (Å²) in [5.74, 6) is 0. The molecule has 0 amide bonds. The first kappa shape index (κ1) is 27.0. The number of hydrogen-bond donors (Lipinski definition) is 2. The van der Waals surface area contributed by atoms with E-state index < -0.39 is 0 Å². The van der Waals surface area contributed by atoms with Crippen LogP contribution in [0.2, 0.25) is 5.02 Å². The van der Waals surface area contributed by atoms with Gasteiger partial charge in [-0.15, -0.1) is 0 Å². The number of carbonyl (C=O) groups excluding carboxylic acids is 1. The molecule has 0 fully saturated rings. The monoisotopic (exact) mass is 443 g/mol. The zero-order valence-corrected chi connectivity index (χ0v) is 20.2. The predicted octanol–water partition coefficient (Wildman–Crippen LogP) is 5.54. The summed E-state index contributed by atoms with van der Waals surface area (Å²) in [4.78, 5) is 12.3. The third kappa shape index (κ3) is 10.7. The molecule has 0 heterocycles. The van der Waals surface area contributed by atoms with Crippen LogP contribution in [0.15, 0.2) is 48.5 Å². The third-order valence-corrected chi connectivity index (χ3v) is 5.41. The second kappa shape index (κ2) is 15.7. The summed E-state index contributed by atoms with van der Waals surface area (Å²) >= 11 is 5.74. The van der Waals surface area contributed by atoms with Crippen LogP contribution in [0, 0.1) is 12.3 Å². The van der Waals surface area contributed by atoms with E-state index in [1.807, 2.05) is 31.3 Å². The second-order valence-corrected chi connectivity index (χ2v) is 8.31. The molecule has 31 heavy (non-hydrogen) atoms. The number of unbranched alkanes of at least 4 members (excludes halogenated alkanes) is 2. The Hall–Kier alpha value is -2.01. The van der Waals surface area contributed by atoms with Crippen LogP contribution < -0.4 is 5.32 Å². The van der Waals surface area contributed by atoms with E-state index in [0.29, 0.717) is 12.1 Å². The minimum Gasteiger partial charge on any atom is -0.318 e. The number of rotatable bonds is 12. The molecule has 0 radical (unpaired) electrons. The molecule has 2 aromatic rings. The lowest BCUT2D eigenvalue weighted by Gasteiger charge is -2.28. The van der Waals surface area contributed by atoms with Gasteiger partial charge in [-0.1, -0.05) is 73.3 Å². The van der Waals surface area contributed by atoms with Crippen molar-refractivity contribution in [2.75, 3.05) is 27.2 Å². The summed E-state index contributed by atoms with van der Waals surface area (Å²) < 4.78 is 0. The fraction of sp³-hybridized carbons (Fsp3) is 0.462. The summed E-state index contributed by atoms with van der Waals surface area (Å²) in [5, 5.41) is 12.4. The summed E-state index contributed by atoms with van der Waals surface area (Å²) in [6, 6.07) is 16.0. The number of halogens is 1. The van der Waals surface area contributed by atoms with E-state index in [1.165, 1.54) is 24.8 Å². The summed E-state index contributed by atoms with van der Waals surface area (Å²) in [7, 11) is 4.08. The lowest BCUT2D eigenvalue weighted by atomic mass is 10.0. The summed E-state index contributed by atoms with van der Waals surface area (Å²) in [6.07, 6.45) is 5.97. The zero-order chi connectivity index (χ0) is 23.1. The molecule has 1 atom stereocenters. The van der Waals surface area contributed by atoms with E-state index in [9.17, 15) is 4.79 Å². The van der Waals surface area contributed by atoms with E-state index in [-0.39, 0.29) is 6.04 Å². The molecule has 0 aliphatic heterocycles. The minimum atomic E-state index is 0.138. The molecule has 0 spiro atoms. The van der Waals surface area contributed by atoms with Gasteiger partial charge in [0.05, 0.1) is 11.8 Å². The van der Waals surface area contributed by atoms with Crippen LogP contribution in [0.5, 0.6) is 0 Å². The van der Waals surface area contributed by atoms with Crippen molar-refractivity contribution in [3.05, 3.63) is 70.2 Å². The standard InChI is InChI=1S/C17H29N3.C9H9ClO/c1-5-6-7-12-20(4)16(13-19-3)17(18)15-10-8-14(2)9-11-15;10-9-5-1-3-8(7-9)4-2-6-11/h8-11,16,18-19H,5-7,12-13H2,1-4H3;1,3,5-7H,2,4H2. The van der Waals surface area contributed by atoms with E-state index >= 15 is 0 Å². The highest BCUT2D eigenvalue weighted by molar-refractivity contribution is 6.30. The Kier molecular flexibility index (Phi) is 13.7. The maximum atomic E-state index is 10.0.